The van der Waals surface area contributed by atoms with Gasteiger partial charge in [-0.15, -0.1) is 0 Å². The van der Waals surface area contributed by atoms with Gasteiger partial charge in [0.1, 0.15) is 18.1 Å². The van der Waals surface area contributed by atoms with E-state index in [1.807, 2.05) is 13.2 Å². The van der Waals surface area contributed by atoms with E-state index >= 15 is 0 Å². The Hall–Kier alpha value is -2.01. The summed E-state index contributed by atoms with van der Waals surface area (Å²) in [6.45, 7) is 0.192. The van der Waals surface area contributed by atoms with Crippen molar-refractivity contribution in [3.8, 4) is 22.6 Å². The smallest absolute Gasteiger partial charge is 0.131 e. The van der Waals surface area contributed by atoms with Crippen LogP contribution in [-0.4, -0.2) is 35.2 Å². The number of aliphatic hydroxyl groups is 1. The van der Waals surface area contributed by atoms with Gasteiger partial charge in [0.25, 0.3) is 0 Å². The second kappa shape index (κ2) is 5.55. The minimum absolute atomic E-state index is 0.0380. The van der Waals surface area contributed by atoms with Gasteiger partial charge in [-0.3, -0.25) is 4.68 Å². The molecule has 1 aromatic heterocycles. The molecule has 5 nitrogen and oxygen atoms in total. The molecule has 1 aromatic carbocycles. The second-order valence-electron chi connectivity index (χ2n) is 3.74. The third-order valence-corrected chi connectivity index (χ3v) is 2.48. The van der Waals surface area contributed by atoms with Crippen LogP contribution in [-0.2, 0) is 7.05 Å². The van der Waals surface area contributed by atoms with Crippen molar-refractivity contribution in [2.24, 2.45) is 7.05 Å². The SMILES string of the molecule is COc1c[c]cc(OCCO)c1-c1cnn(C)c1. The van der Waals surface area contributed by atoms with Crippen LogP contribution in [0.3, 0.4) is 0 Å². The molecule has 0 aliphatic heterocycles. The zero-order chi connectivity index (χ0) is 13.0. The first-order valence-electron chi connectivity index (χ1n) is 5.57. The lowest BCUT2D eigenvalue weighted by atomic mass is 10.1. The minimum atomic E-state index is -0.0380. The van der Waals surface area contributed by atoms with Gasteiger partial charge in [0, 0.05) is 18.8 Å². The predicted molar refractivity (Wildman–Crippen MR) is 66.6 cm³/mol. The summed E-state index contributed by atoms with van der Waals surface area (Å²) in [6.07, 6.45) is 3.62. The lowest BCUT2D eigenvalue weighted by Crippen LogP contribution is -2.03. The minimum Gasteiger partial charge on any atom is -0.496 e. The zero-order valence-corrected chi connectivity index (χ0v) is 10.4. The number of hydrogen-bond acceptors (Lipinski definition) is 4. The third kappa shape index (κ3) is 2.46. The standard InChI is InChI=1S/C13H15N2O3/c1-15-9-10(8-14-15)13-11(17-2)4-3-5-12(13)18-7-6-16/h4-5,8-9,16H,6-7H2,1-2H3. The predicted octanol–water partition coefficient (Wildman–Crippen LogP) is 1.27. The van der Waals surface area contributed by atoms with Crippen LogP contribution in [0.15, 0.2) is 24.5 Å². The van der Waals surface area contributed by atoms with E-state index < -0.39 is 0 Å². The van der Waals surface area contributed by atoms with Crippen molar-refractivity contribution in [3.05, 3.63) is 30.6 Å². The van der Waals surface area contributed by atoms with Crippen LogP contribution in [0, 0.1) is 6.07 Å². The first kappa shape index (κ1) is 12.4. The Bertz CT molecular complexity index is 523. The Labute approximate surface area is 106 Å². The number of rotatable bonds is 5. The summed E-state index contributed by atoms with van der Waals surface area (Å²) < 4.78 is 12.5. The largest absolute Gasteiger partial charge is 0.496 e. The van der Waals surface area contributed by atoms with Crippen LogP contribution in [0.1, 0.15) is 0 Å². The Kier molecular flexibility index (Phi) is 3.84. The fourth-order valence-corrected chi connectivity index (χ4v) is 1.72. The quantitative estimate of drug-likeness (QED) is 0.864. The number of aryl methyl sites for hydroxylation is 1. The number of ether oxygens (including phenoxy) is 2. The Balaban J connectivity index is 2.47. The van der Waals surface area contributed by atoms with Crippen molar-refractivity contribution in [2.45, 2.75) is 0 Å². The maximum atomic E-state index is 8.84. The van der Waals surface area contributed by atoms with Gasteiger partial charge in [-0.25, -0.2) is 0 Å². The first-order valence-corrected chi connectivity index (χ1v) is 5.57. The van der Waals surface area contributed by atoms with Gasteiger partial charge in [0.2, 0.25) is 0 Å². The molecule has 0 fully saturated rings. The molecular weight excluding hydrogens is 232 g/mol. The van der Waals surface area contributed by atoms with Gasteiger partial charge in [-0.05, 0) is 18.2 Å². The van der Waals surface area contributed by atoms with Gasteiger partial charge in [0.15, 0.2) is 0 Å². The highest BCUT2D eigenvalue weighted by molar-refractivity contribution is 5.75. The lowest BCUT2D eigenvalue weighted by molar-refractivity contribution is 0.201. The number of methoxy groups -OCH3 is 1. The number of aliphatic hydroxyl groups excluding tert-OH is 1. The molecule has 0 bridgehead atoms. The summed E-state index contributed by atoms with van der Waals surface area (Å²) in [5.41, 5.74) is 1.72. The van der Waals surface area contributed by atoms with Crippen LogP contribution in [0.2, 0.25) is 0 Å². The van der Waals surface area contributed by atoms with Gasteiger partial charge >= 0.3 is 0 Å². The lowest BCUT2D eigenvalue weighted by Gasteiger charge is -2.12. The second-order valence-corrected chi connectivity index (χ2v) is 3.74. The van der Waals surface area contributed by atoms with Crippen LogP contribution < -0.4 is 9.47 Å². The number of aromatic nitrogens is 2. The Morgan fingerprint density at radius 3 is 2.78 bits per heavy atom. The van der Waals surface area contributed by atoms with E-state index in [0.29, 0.717) is 11.5 Å². The van der Waals surface area contributed by atoms with Crippen molar-refractivity contribution < 1.29 is 14.6 Å². The molecule has 0 spiro atoms. The Morgan fingerprint density at radius 2 is 2.17 bits per heavy atom. The molecule has 0 atom stereocenters. The number of nitrogens with zero attached hydrogens (tertiary/aromatic N) is 2. The van der Waals surface area contributed by atoms with Crippen molar-refractivity contribution in [1.29, 1.82) is 0 Å². The van der Waals surface area contributed by atoms with E-state index in [0.717, 1.165) is 11.1 Å². The molecule has 18 heavy (non-hydrogen) atoms. The van der Waals surface area contributed by atoms with Crippen LogP contribution in [0.4, 0.5) is 0 Å². The maximum Gasteiger partial charge on any atom is 0.131 e. The molecule has 0 unspecified atom stereocenters. The van der Waals surface area contributed by atoms with E-state index in [4.69, 9.17) is 14.6 Å². The molecule has 2 aromatic rings. The summed E-state index contributed by atoms with van der Waals surface area (Å²) in [4.78, 5) is 0. The number of benzene rings is 1. The van der Waals surface area contributed by atoms with Crippen molar-refractivity contribution >= 4 is 0 Å². The van der Waals surface area contributed by atoms with Gasteiger partial charge < -0.3 is 14.6 Å². The third-order valence-electron chi connectivity index (χ3n) is 2.48. The van der Waals surface area contributed by atoms with Gasteiger partial charge in [0.05, 0.1) is 25.5 Å². The van der Waals surface area contributed by atoms with Crippen LogP contribution in [0.25, 0.3) is 11.1 Å². The van der Waals surface area contributed by atoms with Crippen molar-refractivity contribution in [1.82, 2.24) is 9.78 Å². The first-order chi connectivity index (χ1) is 8.76. The summed E-state index contributed by atoms with van der Waals surface area (Å²) in [6, 6.07) is 6.41. The van der Waals surface area contributed by atoms with Crippen LogP contribution in [0.5, 0.6) is 11.5 Å². The summed E-state index contributed by atoms with van der Waals surface area (Å²) in [5.74, 6) is 1.29. The highest BCUT2D eigenvalue weighted by Gasteiger charge is 2.14. The summed E-state index contributed by atoms with van der Waals surface area (Å²) in [5, 5.41) is 13.0. The van der Waals surface area contributed by atoms with Crippen molar-refractivity contribution in [3.63, 3.8) is 0 Å². The molecule has 0 aliphatic rings. The Morgan fingerprint density at radius 1 is 1.39 bits per heavy atom. The molecule has 1 N–H and O–H groups in total. The normalized spacial score (nSPS) is 10.4. The zero-order valence-electron chi connectivity index (χ0n) is 10.4. The van der Waals surface area contributed by atoms with Gasteiger partial charge in [-0.2, -0.15) is 5.10 Å². The topological polar surface area (TPSA) is 56.5 Å². The van der Waals surface area contributed by atoms with E-state index in [1.165, 1.54) is 0 Å². The van der Waals surface area contributed by atoms with Gasteiger partial charge in [-0.1, -0.05) is 0 Å². The maximum absolute atomic E-state index is 8.84. The molecule has 0 amide bonds. The average molecular weight is 247 g/mol. The number of hydrogen-bond donors (Lipinski definition) is 1. The molecule has 1 radical (unpaired) electrons. The molecule has 1 heterocycles. The highest BCUT2D eigenvalue weighted by Crippen LogP contribution is 2.37. The van der Waals surface area contributed by atoms with Crippen molar-refractivity contribution in [2.75, 3.05) is 20.3 Å². The fourth-order valence-electron chi connectivity index (χ4n) is 1.72. The summed E-state index contributed by atoms with van der Waals surface area (Å²) in [7, 11) is 3.44. The molecule has 0 aliphatic carbocycles. The fraction of sp³-hybridized carbons (Fsp3) is 0.308. The molecule has 5 heteroatoms. The van der Waals surface area contributed by atoms with E-state index in [-0.39, 0.29) is 13.2 Å². The molecule has 2 rings (SSSR count). The van der Waals surface area contributed by atoms with E-state index in [1.54, 1.807) is 30.1 Å². The molecule has 95 valence electrons. The van der Waals surface area contributed by atoms with E-state index in [9.17, 15) is 0 Å². The van der Waals surface area contributed by atoms with Crippen LogP contribution >= 0.6 is 0 Å². The molecular formula is C13H15N2O3. The monoisotopic (exact) mass is 247 g/mol. The summed E-state index contributed by atoms with van der Waals surface area (Å²) >= 11 is 0. The van der Waals surface area contributed by atoms with E-state index in [2.05, 4.69) is 11.2 Å². The highest BCUT2D eigenvalue weighted by atomic mass is 16.5. The molecule has 0 saturated heterocycles. The average Bonchev–Trinajstić information content (AvgIpc) is 2.82. The molecule has 0 saturated carbocycles.